The zero-order valence-corrected chi connectivity index (χ0v) is 14.6. The van der Waals surface area contributed by atoms with Gasteiger partial charge in [-0.05, 0) is 42.2 Å². The third-order valence-corrected chi connectivity index (χ3v) is 4.10. The minimum atomic E-state index is -0.402. The van der Waals surface area contributed by atoms with Crippen molar-refractivity contribution in [2.45, 2.75) is 11.8 Å². The van der Waals surface area contributed by atoms with E-state index in [1.165, 1.54) is 11.8 Å². The molecule has 0 saturated heterocycles. The monoisotopic (exact) mass is 352 g/mol. The van der Waals surface area contributed by atoms with Crippen LogP contribution in [0.15, 0.2) is 57.9 Å². The summed E-state index contributed by atoms with van der Waals surface area (Å²) in [6, 6.07) is 15.2. The maximum absolute atomic E-state index is 11.2. The van der Waals surface area contributed by atoms with Gasteiger partial charge in [-0.25, -0.2) is 0 Å². The van der Waals surface area contributed by atoms with Crippen LogP contribution in [0.5, 0.6) is 5.75 Å². The van der Waals surface area contributed by atoms with Gasteiger partial charge in [-0.1, -0.05) is 35.5 Å². The van der Waals surface area contributed by atoms with Crippen molar-refractivity contribution in [3.05, 3.63) is 59.9 Å². The molecule has 0 saturated carbocycles. The first-order chi connectivity index (χ1) is 12.2. The summed E-state index contributed by atoms with van der Waals surface area (Å²) in [7, 11) is 0. The predicted octanol–water partition coefficient (Wildman–Crippen LogP) is 4.55. The highest BCUT2D eigenvalue weighted by Crippen LogP contribution is 2.28. The van der Waals surface area contributed by atoms with Crippen molar-refractivity contribution in [1.82, 2.24) is 10.1 Å². The number of nitrogens with zero attached hydrogens (tertiary/aromatic N) is 2. The van der Waals surface area contributed by atoms with Crippen molar-refractivity contribution in [1.29, 1.82) is 0 Å². The van der Waals surface area contributed by atoms with Crippen molar-refractivity contribution in [3.8, 4) is 17.2 Å². The second-order valence-electron chi connectivity index (χ2n) is 5.15. The first kappa shape index (κ1) is 17.0. The fraction of sp³-hybridized carbons (Fsp3) is 0.105. The molecule has 6 heteroatoms. The van der Waals surface area contributed by atoms with Crippen molar-refractivity contribution in [2.24, 2.45) is 0 Å². The van der Waals surface area contributed by atoms with Gasteiger partial charge in [0.2, 0.25) is 0 Å². The van der Waals surface area contributed by atoms with Crippen LogP contribution in [0.1, 0.15) is 18.3 Å². The minimum absolute atomic E-state index is 0.300. The number of thioether (sulfide) groups is 1. The van der Waals surface area contributed by atoms with Crippen LogP contribution in [-0.4, -0.2) is 22.4 Å². The number of para-hydroxylation sites is 1. The highest BCUT2D eigenvalue weighted by molar-refractivity contribution is 7.98. The van der Waals surface area contributed by atoms with Crippen LogP contribution in [0.3, 0.4) is 0 Å². The van der Waals surface area contributed by atoms with E-state index in [-0.39, 0.29) is 0 Å². The number of benzene rings is 2. The van der Waals surface area contributed by atoms with Gasteiger partial charge in [0.05, 0.1) is 5.56 Å². The summed E-state index contributed by atoms with van der Waals surface area (Å²) in [4.78, 5) is 16.8. The lowest BCUT2D eigenvalue weighted by Gasteiger charge is -2.04. The Morgan fingerprint density at radius 1 is 1.12 bits per heavy atom. The van der Waals surface area contributed by atoms with Gasteiger partial charge >= 0.3 is 5.97 Å². The van der Waals surface area contributed by atoms with Gasteiger partial charge in [0, 0.05) is 11.8 Å². The van der Waals surface area contributed by atoms with Gasteiger partial charge in [-0.15, -0.1) is 11.8 Å². The van der Waals surface area contributed by atoms with E-state index in [1.807, 2.05) is 30.5 Å². The molecular weight excluding hydrogens is 336 g/mol. The maximum atomic E-state index is 11.2. The maximum Gasteiger partial charge on any atom is 0.308 e. The predicted molar refractivity (Wildman–Crippen MR) is 98.2 cm³/mol. The van der Waals surface area contributed by atoms with Gasteiger partial charge in [-0.3, -0.25) is 4.79 Å². The summed E-state index contributed by atoms with van der Waals surface area (Å²) in [6.45, 7) is 1.35. The summed E-state index contributed by atoms with van der Waals surface area (Å²) in [5.74, 6) is 0.735. The molecule has 2 aromatic carbocycles. The lowest BCUT2D eigenvalue weighted by molar-refractivity contribution is -0.131. The third kappa shape index (κ3) is 4.36. The molecule has 0 aliphatic rings. The molecule has 0 amide bonds. The molecule has 0 atom stereocenters. The molecule has 1 aromatic heterocycles. The fourth-order valence-electron chi connectivity index (χ4n) is 2.18. The van der Waals surface area contributed by atoms with Gasteiger partial charge in [0.15, 0.2) is 5.82 Å². The third-order valence-electron chi connectivity index (χ3n) is 3.35. The molecule has 3 rings (SSSR count). The first-order valence-corrected chi connectivity index (χ1v) is 8.82. The zero-order valence-electron chi connectivity index (χ0n) is 13.8. The molecule has 126 valence electrons. The number of esters is 1. The minimum Gasteiger partial charge on any atom is -0.426 e. The molecule has 25 heavy (non-hydrogen) atoms. The Kier molecular flexibility index (Phi) is 5.30. The number of hydrogen-bond donors (Lipinski definition) is 0. The quantitative estimate of drug-likeness (QED) is 0.381. The summed E-state index contributed by atoms with van der Waals surface area (Å²) < 4.78 is 10.5. The summed E-state index contributed by atoms with van der Waals surface area (Å²) in [5, 5.41) is 3.94. The number of carbonyl (C=O) groups excluding carboxylic acids is 1. The molecule has 0 aliphatic heterocycles. The van der Waals surface area contributed by atoms with Crippen LogP contribution in [0.2, 0.25) is 0 Å². The molecule has 0 aliphatic carbocycles. The van der Waals surface area contributed by atoms with Crippen LogP contribution in [0.25, 0.3) is 23.6 Å². The van der Waals surface area contributed by atoms with E-state index in [0.29, 0.717) is 23.0 Å². The van der Waals surface area contributed by atoms with Crippen LogP contribution in [-0.2, 0) is 4.79 Å². The van der Waals surface area contributed by atoms with Crippen molar-refractivity contribution < 1.29 is 14.1 Å². The highest BCUT2D eigenvalue weighted by atomic mass is 32.2. The van der Waals surface area contributed by atoms with E-state index in [0.717, 1.165) is 5.56 Å². The summed E-state index contributed by atoms with van der Waals surface area (Å²) in [6.07, 6.45) is 5.73. The molecule has 0 radical (unpaired) electrons. The Morgan fingerprint density at radius 3 is 2.60 bits per heavy atom. The highest BCUT2D eigenvalue weighted by Gasteiger charge is 2.13. The Balaban J connectivity index is 1.80. The Labute approximate surface area is 149 Å². The van der Waals surface area contributed by atoms with E-state index < -0.39 is 5.97 Å². The van der Waals surface area contributed by atoms with E-state index in [9.17, 15) is 4.79 Å². The molecule has 0 unspecified atom stereocenters. The number of aromatic nitrogens is 2. The van der Waals surface area contributed by atoms with Gasteiger partial charge in [-0.2, -0.15) is 4.98 Å². The first-order valence-electron chi connectivity index (χ1n) is 7.59. The Hall–Kier alpha value is -2.86. The summed E-state index contributed by atoms with van der Waals surface area (Å²) >= 11 is 1.70. The standard InChI is InChI=1S/C19H16N2O3S/c1-13(22)23-17-6-4-3-5-16(17)19-20-18(21-24-19)12-9-14-7-10-15(25-2)11-8-14/h3-12H,1-2H3/b12-9+. The molecule has 0 fully saturated rings. The summed E-state index contributed by atoms with van der Waals surface area (Å²) in [5.41, 5.74) is 1.62. The lowest BCUT2D eigenvalue weighted by atomic mass is 10.2. The normalized spacial score (nSPS) is 11.0. The van der Waals surface area contributed by atoms with E-state index >= 15 is 0 Å². The van der Waals surface area contributed by atoms with Gasteiger partial charge in [0.25, 0.3) is 5.89 Å². The largest absolute Gasteiger partial charge is 0.426 e. The topological polar surface area (TPSA) is 65.2 Å². The van der Waals surface area contributed by atoms with E-state index in [4.69, 9.17) is 9.26 Å². The zero-order chi connectivity index (χ0) is 17.6. The van der Waals surface area contributed by atoms with Crippen LogP contribution in [0, 0.1) is 0 Å². The number of carbonyl (C=O) groups is 1. The molecule has 1 heterocycles. The smallest absolute Gasteiger partial charge is 0.308 e. The van der Waals surface area contributed by atoms with Gasteiger partial charge in [0.1, 0.15) is 5.75 Å². The van der Waals surface area contributed by atoms with Crippen LogP contribution in [0.4, 0.5) is 0 Å². The van der Waals surface area contributed by atoms with Crippen molar-refractivity contribution in [2.75, 3.05) is 6.26 Å². The Morgan fingerprint density at radius 2 is 1.88 bits per heavy atom. The lowest BCUT2D eigenvalue weighted by Crippen LogP contribution is -2.02. The molecule has 0 bridgehead atoms. The SMILES string of the molecule is CSc1ccc(/C=C/c2noc(-c3ccccc3OC(C)=O)n2)cc1. The number of hydrogen-bond acceptors (Lipinski definition) is 6. The number of ether oxygens (including phenoxy) is 1. The molecule has 5 nitrogen and oxygen atoms in total. The second-order valence-corrected chi connectivity index (χ2v) is 6.03. The van der Waals surface area contributed by atoms with Crippen LogP contribution < -0.4 is 4.74 Å². The fourth-order valence-corrected chi connectivity index (χ4v) is 2.59. The average molecular weight is 352 g/mol. The average Bonchev–Trinajstić information content (AvgIpc) is 3.09. The molecule has 0 N–H and O–H groups in total. The molecular formula is C19H16N2O3S. The molecule has 3 aromatic rings. The second kappa shape index (κ2) is 7.81. The van der Waals surface area contributed by atoms with E-state index in [1.54, 1.807) is 36.0 Å². The van der Waals surface area contributed by atoms with Crippen molar-refractivity contribution >= 4 is 29.9 Å². The Bertz CT molecular complexity index is 901. The van der Waals surface area contributed by atoms with Crippen molar-refractivity contribution in [3.63, 3.8) is 0 Å². The molecule has 0 spiro atoms. The van der Waals surface area contributed by atoms with Gasteiger partial charge < -0.3 is 9.26 Å². The number of rotatable bonds is 5. The van der Waals surface area contributed by atoms with Crippen LogP contribution >= 0.6 is 11.8 Å². The van der Waals surface area contributed by atoms with E-state index in [2.05, 4.69) is 22.3 Å².